The van der Waals surface area contributed by atoms with Crippen LogP contribution in [0.4, 0.5) is 0 Å². The molecule has 0 radical (unpaired) electrons. The van der Waals surface area contributed by atoms with Crippen molar-refractivity contribution in [2.75, 3.05) is 13.1 Å². The predicted octanol–water partition coefficient (Wildman–Crippen LogP) is 2.44. The first-order valence-electron chi connectivity index (χ1n) is 7.80. The van der Waals surface area contributed by atoms with Crippen LogP contribution in [0.2, 0.25) is 0 Å². The molecule has 25 heavy (non-hydrogen) atoms. The minimum absolute atomic E-state index is 0.0890. The maximum atomic E-state index is 11.8. The van der Waals surface area contributed by atoms with Gasteiger partial charge in [0, 0.05) is 36.7 Å². The lowest BCUT2D eigenvalue weighted by molar-refractivity contribution is -0.129. The molecule has 7 heteroatoms. The van der Waals surface area contributed by atoms with Crippen LogP contribution < -0.4 is 0 Å². The Morgan fingerprint density at radius 1 is 1.40 bits per heavy atom. The second kappa shape index (κ2) is 6.16. The van der Waals surface area contributed by atoms with Gasteiger partial charge in [-0.05, 0) is 17.0 Å². The number of nitrogens with one attached hydrogen (secondary N) is 1. The lowest BCUT2D eigenvalue weighted by Crippen LogP contribution is -2.53. The largest absolute Gasteiger partial charge is 0.339 e. The highest BCUT2D eigenvalue weighted by atomic mass is 32.1. The zero-order chi connectivity index (χ0) is 18.2. The van der Waals surface area contributed by atoms with Gasteiger partial charge < -0.3 is 10.3 Å². The van der Waals surface area contributed by atoms with Gasteiger partial charge in [-0.2, -0.15) is 15.8 Å². The summed E-state index contributed by atoms with van der Waals surface area (Å²) in [5, 5.41) is 39.6. The molecule has 1 aromatic heterocycles. The fraction of sp³-hybridized carbons (Fsp3) is 0.389. The van der Waals surface area contributed by atoms with Gasteiger partial charge in [-0.25, -0.2) is 0 Å². The standard InChI is InChI=1S/C18H15N5OS/c1-11(24)23-5-4-12-13(7-19)17(22)18(9-20,10-21)16(14(12)8-23)15-3-2-6-25-15/h2-4,6,13-14,16,22H,5,8H2,1H3/t13?,14-,16+/m0/s1. The number of fused-ring (bicyclic) bond motifs is 1. The van der Waals surface area contributed by atoms with E-state index in [1.807, 2.05) is 35.7 Å². The topological polar surface area (TPSA) is 116 Å². The van der Waals surface area contributed by atoms with Crippen molar-refractivity contribution in [3.05, 3.63) is 34.0 Å². The van der Waals surface area contributed by atoms with Gasteiger partial charge in [0.2, 0.25) is 5.91 Å². The molecule has 1 fully saturated rings. The molecule has 3 atom stereocenters. The summed E-state index contributed by atoms with van der Waals surface area (Å²) in [6, 6.07) is 9.85. The van der Waals surface area contributed by atoms with Gasteiger partial charge >= 0.3 is 0 Å². The molecule has 1 N–H and O–H groups in total. The van der Waals surface area contributed by atoms with Crippen LogP contribution >= 0.6 is 11.3 Å². The summed E-state index contributed by atoms with van der Waals surface area (Å²) < 4.78 is 0. The Bertz CT molecular complexity index is 866. The zero-order valence-electron chi connectivity index (χ0n) is 13.6. The van der Waals surface area contributed by atoms with Gasteiger partial charge in [-0.3, -0.25) is 4.79 Å². The minimum Gasteiger partial charge on any atom is -0.339 e. The van der Waals surface area contributed by atoms with Gasteiger partial charge in [0.15, 0.2) is 5.41 Å². The van der Waals surface area contributed by atoms with E-state index in [0.29, 0.717) is 13.1 Å². The van der Waals surface area contributed by atoms with E-state index in [1.54, 1.807) is 4.90 Å². The highest BCUT2D eigenvalue weighted by Crippen LogP contribution is 2.54. The summed E-state index contributed by atoms with van der Waals surface area (Å²) in [5.41, 5.74) is -1.10. The number of nitriles is 3. The van der Waals surface area contributed by atoms with E-state index in [0.717, 1.165) is 10.5 Å². The lowest BCUT2D eigenvalue weighted by atomic mass is 9.55. The fourth-order valence-corrected chi connectivity index (χ4v) is 4.80. The Kier molecular flexibility index (Phi) is 4.17. The summed E-state index contributed by atoms with van der Waals surface area (Å²) in [6.45, 7) is 2.21. The smallest absolute Gasteiger partial charge is 0.219 e. The molecule has 1 unspecified atom stereocenters. The molecule has 0 saturated heterocycles. The van der Waals surface area contributed by atoms with Gasteiger partial charge in [-0.1, -0.05) is 12.1 Å². The summed E-state index contributed by atoms with van der Waals surface area (Å²) in [6.07, 6.45) is 1.82. The van der Waals surface area contributed by atoms with E-state index >= 15 is 0 Å². The number of carbonyl (C=O) groups is 1. The maximum Gasteiger partial charge on any atom is 0.219 e. The third-order valence-corrected chi connectivity index (χ3v) is 6.04. The third-order valence-electron chi connectivity index (χ3n) is 5.09. The van der Waals surface area contributed by atoms with E-state index in [2.05, 4.69) is 6.07 Å². The minimum atomic E-state index is -1.70. The second-order valence-corrected chi connectivity index (χ2v) is 7.21. The van der Waals surface area contributed by atoms with Gasteiger partial charge in [0.25, 0.3) is 0 Å². The van der Waals surface area contributed by atoms with Gasteiger partial charge in [-0.15, -0.1) is 11.3 Å². The van der Waals surface area contributed by atoms with E-state index in [4.69, 9.17) is 5.41 Å². The first-order valence-corrected chi connectivity index (χ1v) is 8.68. The average molecular weight is 349 g/mol. The summed E-state index contributed by atoms with van der Waals surface area (Å²) in [7, 11) is 0. The van der Waals surface area contributed by atoms with Crippen molar-refractivity contribution in [1.29, 1.82) is 21.2 Å². The second-order valence-electron chi connectivity index (χ2n) is 6.24. The number of rotatable bonds is 1. The molecule has 3 rings (SSSR count). The van der Waals surface area contributed by atoms with Crippen LogP contribution in [0.15, 0.2) is 29.2 Å². The molecule has 124 valence electrons. The molecule has 1 aromatic rings. The van der Waals surface area contributed by atoms with Crippen molar-refractivity contribution < 1.29 is 4.79 Å². The molecule has 0 bridgehead atoms. The van der Waals surface area contributed by atoms with E-state index < -0.39 is 17.3 Å². The summed E-state index contributed by atoms with van der Waals surface area (Å²) >= 11 is 1.43. The van der Waals surface area contributed by atoms with Crippen LogP contribution in [0.1, 0.15) is 17.7 Å². The molecule has 6 nitrogen and oxygen atoms in total. The molecule has 1 aliphatic heterocycles. The molecule has 1 aliphatic carbocycles. The van der Waals surface area contributed by atoms with Crippen LogP contribution in [-0.2, 0) is 4.79 Å². The molecule has 2 heterocycles. The monoisotopic (exact) mass is 349 g/mol. The van der Waals surface area contributed by atoms with Gasteiger partial charge in [0.1, 0.15) is 5.92 Å². The van der Waals surface area contributed by atoms with Gasteiger partial charge in [0.05, 0.1) is 23.9 Å². The third kappa shape index (κ3) is 2.35. The number of nitrogens with zero attached hydrogens (tertiary/aromatic N) is 4. The van der Waals surface area contributed by atoms with Crippen molar-refractivity contribution >= 4 is 23.0 Å². The molecular formula is C18H15N5OS. The highest BCUT2D eigenvalue weighted by Gasteiger charge is 2.58. The van der Waals surface area contributed by atoms with Crippen LogP contribution in [0.3, 0.4) is 0 Å². The predicted molar refractivity (Wildman–Crippen MR) is 91.4 cm³/mol. The summed E-state index contributed by atoms with van der Waals surface area (Å²) in [5.74, 6) is -1.87. The van der Waals surface area contributed by atoms with Crippen molar-refractivity contribution in [1.82, 2.24) is 4.90 Å². The Labute approximate surface area is 149 Å². The van der Waals surface area contributed by atoms with E-state index in [9.17, 15) is 20.6 Å². The fourth-order valence-electron chi connectivity index (χ4n) is 3.84. The van der Waals surface area contributed by atoms with Crippen molar-refractivity contribution in [2.24, 2.45) is 17.3 Å². The zero-order valence-corrected chi connectivity index (χ0v) is 14.4. The van der Waals surface area contributed by atoms with E-state index in [1.165, 1.54) is 18.3 Å². The number of carbonyl (C=O) groups excluding carboxylic acids is 1. The number of amides is 1. The molecule has 1 amide bonds. The lowest BCUT2D eigenvalue weighted by Gasteiger charge is -2.47. The Balaban J connectivity index is 2.23. The van der Waals surface area contributed by atoms with Crippen molar-refractivity contribution in [2.45, 2.75) is 12.8 Å². The van der Waals surface area contributed by atoms with Crippen LogP contribution in [0.25, 0.3) is 0 Å². The number of thiophene rings is 1. The quantitative estimate of drug-likeness (QED) is 0.784. The Morgan fingerprint density at radius 2 is 2.12 bits per heavy atom. The van der Waals surface area contributed by atoms with Crippen molar-refractivity contribution in [3.63, 3.8) is 0 Å². The summed E-state index contributed by atoms with van der Waals surface area (Å²) in [4.78, 5) is 14.3. The first kappa shape index (κ1) is 16.9. The molecular weight excluding hydrogens is 334 g/mol. The Hall–Kier alpha value is -2.95. The first-order chi connectivity index (χ1) is 12.0. The number of hydrogen-bond acceptors (Lipinski definition) is 6. The van der Waals surface area contributed by atoms with Crippen LogP contribution in [0, 0.1) is 56.7 Å². The average Bonchev–Trinajstić information content (AvgIpc) is 3.14. The van der Waals surface area contributed by atoms with Crippen LogP contribution in [-0.4, -0.2) is 29.6 Å². The normalized spacial score (nSPS) is 27.3. The van der Waals surface area contributed by atoms with Crippen molar-refractivity contribution in [3.8, 4) is 18.2 Å². The number of hydrogen-bond donors (Lipinski definition) is 1. The molecule has 0 aromatic carbocycles. The molecule has 1 saturated carbocycles. The molecule has 0 spiro atoms. The maximum absolute atomic E-state index is 11.8. The SMILES string of the molecule is CC(=O)N1CC=C2C(C#N)C(=N)C(C#N)(C#N)[C@@H](c3cccs3)[C@H]2C1. The Morgan fingerprint density at radius 3 is 2.64 bits per heavy atom. The highest BCUT2D eigenvalue weighted by molar-refractivity contribution is 7.10. The van der Waals surface area contributed by atoms with E-state index in [-0.39, 0.29) is 17.5 Å². The molecule has 2 aliphatic rings. The van der Waals surface area contributed by atoms with Crippen LogP contribution in [0.5, 0.6) is 0 Å².